The van der Waals surface area contributed by atoms with Crippen molar-refractivity contribution in [1.29, 1.82) is 0 Å². The van der Waals surface area contributed by atoms with Crippen molar-refractivity contribution < 1.29 is 9.26 Å². The van der Waals surface area contributed by atoms with E-state index in [1.165, 1.54) is 5.56 Å². The van der Waals surface area contributed by atoms with E-state index in [-0.39, 0.29) is 0 Å². The Hall–Kier alpha value is -4.11. The van der Waals surface area contributed by atoms with Gasteiger partial charge in [-0.2, -0.15) is 4.52 Å². The van der Waals surface area contributed by atoms with Crippen LogP contribution in [0.2, 0.25) is 0 Å². The van der Waals surface area contributed by atoms with Crippen molar-refractivity contribution >= 4 is 5.65 Å². The van der Waals surface area contributed by atoms with Crippen LogP contribution in [0.15, 0.2) is 65.2 Å². The number of hydrogen-bond acceptors (Lipinski definition) is 8. The summed E-state index contributed by atoms with van der Waals surface area (Å²) in [5, 5.41) is 20.4. The summed E-state index contributed by atoms with van der Waals surface area (Å²) in [5.74, 6) is 1.68. The van der Waals surface area contributed by atoms with Crippen molar-refractivity contribution in [1.82, 2.24) is 35.3 Å². The van der Waals surface area contributed by atoms with Gasteiger partial charge in [-0.3, -0.25) is 4.98 Å². The number of rotatable bonds is 9. The molecule has 0 radical (unpaired) electrons. The van der Waals surface area contributed by atoms with Gasteiger partial charge in [-0.15, -0.1) is 15.3 Å². The molecule has 0 atom stereocenters. The Balaban J connectivity index is 1.23. The SMILES string of the molecule is Cc1cc(-c2nnc3cc(C)c(OCc4cccc(CNCCc5ccccc5)n4)nn23)no1. The van der Waals surface area contributed by atoms with Crippen LogP contribution in [0.5, 0.6) is 5.88 Å². The van der Waals surface area contributed by atoms with Crippen LogP contribution in [0.1, 0.15) is 28.3 Å². The van der Waals surface area contributed by atoms with Crippen LogP contribution in [0, 0.1) is 13.8 Å². The van der Waals surface area contributed by atoms with E-state index >= 15 is 0 Å². The number of fused-ring (bicyclic) bond motifs is 1. The van der Waals surface area contributed by atoms with E-state index in [0.29, 0.717) is 42.0 Å². The van der Waals surface area contributed by atoms with Crippen molar-refractivity contribution in [3.63, 3.8) is 0 Å². The number of nitrogens with one attached hydrogen (secondary N) is 1. The predicted octanol–water partition coefficient (Wildman–Crippen LogP) is 3.70. The summed E-state index contributed by atoms with van der Waals surface area (Å²) in [5.41, 5.74) is 5.17. The van der Waals surface area contributed by atoms with Gasteiger partial charge >= 0.3 is 0 Å². The maximum atomic E-state index is 6.02. The number of pyridine rings is 1. The molecule has 0 bridgehead atoms. The molecule has 172 valence electrons. The highest BCUT2D eigenvalue weighted by Crippen LogP contribution is 2.22. The van der Waals surface area contributed by atoms with Crippen molar-refractivity contribution in [3.05, 3.63) is 88.9 Å². The Morgan fingerprint density at radius 3 is 2.65 bits per heavy atom. The fraction of sp³-hybridized carbons (Fsp3) is 0.240. The van der Waals surface area contributed by atoms with Crippen molar-refractivity contribution in [2.45, 2.75) is 33.4 Å². The average molecular weight is 456 g/mol. The second-order valence-corrected chi connectivity index (χ2v) is 8.07. The average Bonchev–Trinajstić information content (AvgIpc) is 3.46. The molecule has 0 spiro atoms. The fourth-order valence-corrected chi connectivity index (χ4v) is 3.62. The van der Waals surface area contributed by atoms with Gasteiger partial charge in [-0.05, 0) is 50.6 Å². The maximum absolute atomic E-state index is 6.02. The van der Waals surface area contributed by atoms with Crippen LogP contribution in [0.25, 0.3) is 17.2 Å². The van der Waals surface area contributed by atoms with Gasteiger partial charge in [0, 0.05) is 18.2 Å². The zero-order chi connectivity index (χ0) is 23.3. The molecular formula is C25H25N7O2. The first-order valence-corrected chi connectivity index (χ1v) is 11.1. The van der Waals surface area contributed by atoms with Crippen molar-refractivity contribution in [2.75, 3.05) is 6.54 Å². The molecule has 4 heterocycles. The van der Waals surface area contributed by atoms with Crippen molar-refractivity contribution in [3.8, 4) is 17.4 Å². The van der Waals surface area contributed by atoms with Crippen LogP contribution in [0.4, 0.5) is 0 Å². The van der Waals surface area contributed by atoms with Crippen molar-refractivity contribution in [2.24, 2.45) is 0 Å². The molecular weight excluding hydrogens is 430 g/mol. The lowest BCUT2D eigenvalue weighted by molar-refractivity contribution is 0.282. The quantitative estimate of drug-likeness (QED) is 0.336. The van der Waals surface area contributed by atoms with Gasteiger partial charge in [0.15, 0.2) is 11.3 Å². The Labute approximate surface area is 196 Å². The molecule has 0 unspecified atom stereocenters. The van der Waals surface area contributed by atoms with Gasteiger partial charge in [-0.25, -0.2) is 0 Å². The minimum absolute atomic E-state index is 0.303. The zero-order valence-corrected chi connectivity index (χ0v) is 19.1. The van der Waals surface area contributed by atoms with Gasteiger partial charge in [0.05, 0.1) is 11.4 Å². The third kappa shape index (κ3) is 4.94. The van der Waals surface area contributed by atoms with Gasteiger partial charge in [0.2, 0.25) is 11.7 Å². The number of ether oxygens (including phenoxy) is 1. The summed E-state index contributed by atoms with van der Waals surface area (Å²) in [6.07, 6.45) is 0.982. The van der Waals surface area contributed by atoms with E-state index in [1.54, 1.807) is 10.6 Å². The Kier molecular flexibility index (Phi) is 6.26. The third-order valence-corrected chi connectivity index (χ3v) is 5.36. The standard InChI is InChI=1S/C25H25N7O2/c1-17-13-23-28-29-24(22-14-18(2)34-31-22)32(23)30-25(17)33-16-21-10-6-9-20(27-21)15-26-12-11-19-7-4-3-5-8-19/h3-10,13-14,26H,11-12,15-16H2,1-2H3. The van der Waals surface area contributed by atoms with E-state index in [1.807, 2.05) is 44.2 Å². The number of aryl methyl sites for hydroxylation is 2. The van der Waals surface area contributed by atoms with E-state index < -0.39 is 0 Å². The highest BCUT2D eigenvalue weighted by atomic mass is 16.5. The lowest BCUT2D eigenvalue weighted by Crippen LogP contribution is -2.18. The predicted molar refractivity (Wildman–Crippen MR) is 126 cm³/mol. The molecule has 0 aliphatic rings. The monoisotopic (exact) mass is 455 g/mol. The minimum Gasteiger partial charge on any atom is -0.470 e. The lowest BCUT2D eigenvalue weighted by Gasteiger charge is -2.10. The molecule has 34 heavy (non-hydrogen) atoms. The van der Waals surface area contributed by atoms with E-state index in [0.717, 1.165) is 29.9 Å². The van der Waals surface area contributed by atoms with Gasteiger partial charge in [-0.1, -0.05) is 41.6 Å². The van der Waals surface area contributed by atoms with Gasteiger partial charge in [0.25, 0.3) is 0 Å². The molecule has 1 aromatic carbocycles. The van der Waals surface area contributed by atoms with Crippen LogP contribution >= 0.6 is 0 Å². The smallest absolute Gasteiger partial charge is 0.235 e. The minimum atomic E-state index is 0.303. The Morgan fingerprint density at radius 1 is 0.971 bits per heavy atom. The molecule has 4 aromatic heterocycles. The third-order valence-electron chi connectivity index (χ3n) is 5.36. The summed E-state index contributed by atoms with van der Waals surface area (Å²) in [7, 11) is 0. The van der Waals surface area contributed by atoms with Crippen LogP contribution in [-0.4, -0.2) is 36.5 Å². The summed E-state index contributed by atoms with van der Waals surface area (Å²) < 4.78 is 12.8. The normalized spacial score (nSPS) is 11.2. The molecule has 5 aromatic rings. The summed E-state index contributed by atoms with van der Waals surface area (Å²) in [4.78, 5) is 4.71. The summed E-state index contributed by atoms with van der Waals surface area (Å²) >= 11 is 0. The number of aromatic nitrogens is 6. The first kappa shape index (κ1) is 21.7. The molecule has 0 aliphatic carbocycles. The largest absolute Gasteiger partial charge is 0.470 e. The summed E-state index contributed by atoms with van der Waals surface area (Å²) in [6, 6.07) is 20.1. The Morgan fingerprint density at radius 2 is 1.82 bits per heavy atom. The van der Waals surface area contributed by atoms with Gasteiger partial charge in [0.1, 0.15) is 12.4 Å². The first-order valence-electron chi connectivity index (χ1n) is 11.1. The molecule has 0 aliphatic heterocycles. The number of benzene rings is 1. The number of hydrogen-bond donors (Lipinski definition) is 1. The van der Waals surface area contributed by atoms with Gasteiger partial charge < -0.3 is 14.6 Å². The van der Waals surface area contributed by atoms with E-state index in [4.69, 9.17) is 14.2 Å². The highest BCUT2D eigenvalue weighted by Gasteiger charge is 2.16. The lowest BCUT2D eigenvalue weighted by atomic mass is 10.1. The molecule has 0 saturated carbocycles. The summed E-state index contributed by atoms with van der Waals surface area (Å²) in [6.45, 7) is 5.65. The highest BCUT2D eigenvalue weighted by molar-refractivity contribution is 5.55. The topological polar surface area (TPSA) is 103 Å². The molecule has 0 saturated heterocycles. The second-order valence-electron chi connectivity index (χ2n) is 8.07. The second kappa shape index (κ2) is 9.80. The molecule has 0 fully saturated rings. The molecule has 5 rings (SSSR count). The number of nitrogens with zero attached hydrogens (tertiary/aromatic N) is 6. The molecule has 9 heteroatoms. The van der Waals surface area contributed by atoms with E-state index in [2.05, 4.69) is 50.0 Å². The fourth-order valence-electron chi connectivity index (χ4n) is 3.62. The maximum Gasteiger partial charge on any atom is 0.235 e. The first-order chi connectivity index (χ1) is 16.7. The van der Waals surface area contributed by atoms with Crippen LogP contribution < -0.4 is 10.1 Å². The molecule has 0 amide bonds. The molecule has 9 nitrogen and oxygen atoms in total. The van der Waals surface area contributed by atoms with Crippen LogP contribution in [-0.2, 0) is 19.6 Å². The van der Waals surface area contributed by atoms with Crippen LogP contribution in [0.3, 0.4) is 0 Å². The zero-order valence-electron chi connectivity index (χ0n) is 19.1. The Bertz CT molecular complexity index is 1400. The molecule has 1 N–H and O–H groups in total. The van der Waals surface area contributed by atoms with E-state index in [9.17, 15) is 0 Å².